The molecule has 7 nitrogen and oxygen atoms in total. The highest BCUT2D eigenvalue weighted by Gasteiger charge is 2.32. The summed E-state index contributed by atoms with van der Waals surface area (Å²) in [5.74, 6) is -0.0878. The van der Waals surface area contributed by atoms with E-state index in [2.05, 4.69) is 17.1 Å². The highest BCUT2D eigenvalue weighted by atomic mass is 16.6. The summed E-state index contributed by atoms with van der Waals surface area (Å²) >= 11 is 0. The van der Waals surface area contributed by atoms with Crippen LogP contribution in [0.3, 0.4) is 0 Å². The zero-order valence-electron chi connectivity index (χ0n) is 12.7. The molecule has 1 unspecified atom stereocenters. The van der Waals surface area contributed by atoms with Gasteiger partial charge in [0.05, 0.1) is 4.92 Å². The molecule has 22 heavy (non-hydrogen) atoms. The Bertz CT molecular complexity index is 546. The third-order valence-corrected chi connectivity index (χ3v) is 4.15. The number of likely N-dealkylation sites (tertiary alicyclic amines) is 1. The number of non-ortho nitro benzene ring substituents is 1. The first-order chi connectivity index (χ1) is 10.4. The Labute approximate surface area is 129 Å². The van der Waals surface area contributed by atoms with Gasteiger partial charge in [0.15, 0.2) is 0 Å². The van der Waals surface area contributed by atoms with Crippen LogP contribution in [0.5, 0.6) is 0 Å². The Morgan fingerprint density at radius 1 is 1.45 bits per heavy atom. The van der Waals surface area contributed by atoms with Gasteiger partial charge in [-0.1, -0.05) is 6.92 Å². The van der Waals surface area contributed by atoms with Gasteiger partial charge in [-0.15, -0.1) is 0 Å². The summed E-state index contributed by atoms with van der Waals surface area (Å²) in [6, 6.07) is 5.83. The fourth-order valence-electron chi connectivity index (χ4n) is 2.63. The molecule has 1 aromatic rings. The van der Waals surface area contributed by atoms with Crippen molar-refractivity contribution in [1.82, 2.24) is 4.90 Å². The minimum Gasteiger partial charge on any atom is -0.330 e. The Morgan fingerprint density at radius 2 is 2.14 bits per heavy atom. The predicted molar refractivity (Wildman–Crippen MR) is 84.6 cm³/mol. The second-order valence-corrected chi connectivity index (χ2v) is 6.14. The zero-order chi connectivity index (χ0) is 16.2. The number of nitrogens with one attached hydrogen (secondary N) is 1. The Hall–Kier alpha value is -1.99. The third-order valence-electron chi connectivity index (χ3n) is 4.15. The SMILES string of the molecule is CC1(CN)CCN(CCC(=O)Nc2ccc([N+](=O)[O-])cc2)C1. The lowest BCUT2D eigenvalue weighted by molar-refractivity contribution is -0.384. The summed E-state index contributed by atoms with van der Waals surface area (Å²) in [5, 5.41) is 13.3. The molecule has 0 saturated carbocycles. The fraction of sp³-hybridized carbons (Fsp3) is 0.533. The van der Waals surface area contributed by atoms with Crippen LogP contribution in [0.25, 0.3) is 0 Å². The normalized spacial score (nSPS) is 21.7. The van der Waals surface area contributed by atoms with Crippen molar-refractivity contribution < 1.29 is 9.72 Å². The van der Waals surface area contributed by atoms with E-state index in [4.69, 9.17) is 5.73 Å². The van der Waals surface area contributed by atoms with Gasteiger partial charge in [-0.05, 0) is 37.1 Å². The first-order valence-corrected chi connectivity index (χ1v) is 7.39. The van der Waals surface area contributed by atoms with E-state index in [1.807, 2.05) is 0 Å². The number of nitro benzene ring substituents is 1. The molecule has 1 atom stereocenters. The van der Waals surface area contributed by atoms with E-state index in [1.165, 1.54) is 24.3 Å². The molecule has 1 saturated heterocycles. The van der Waals surface area contributed by atoms with Gasteiger partial charge in [-0.25, -0.2) is 0 Å². The molecule has 120 valence electrons. The van der Waals surface area contributed by atoms with Gasteiger partial charge in [0.2, 0.25) is 5.91 Å². The summed E-state index contributed by atoms with van der Waals surface area (Å²) in [4.78, 5) is 24.3. The van der Waals surface area contributed by atoms with Crippen LogP contribution in [0, 0.1) is 15.5 Å². The van der Waals surface area contributed by atoms with Gasteiger partial charge >= 0.3 is 0 Å². The largest absolute Gasteiger partial charge is 0.330 e. The van der Waals surface area contributed by atoms with Crippen molar-refractivity contribution in [2.24, 2.45) is 11.1 Å². The van der Waals surface area contributed by atoms with Crippen molar-refractivity contribution >= 4 is 17.3 Å². The van der Waals surface area contributed by atoms with E-state index in [9.17, 15) is 14.9 Å². The molecule has 2 rings (SSSR count). The smallest absolute Gasteiger partial charge is 0.269 e. The molecule has 0 aliphatic carbocycles. The number of carbonyl (C=O) groups is 1. The van der Waals surface area contributed by atoms with Crippen LogP contribution in [-0.2, 0) is 4.79 Å². The molecular formula is C15H22N4O3. The van der Waals surface area contributed by atoms with E-state index < -0.39 is 4.92 Å². The summed E-state index contributed by atoms with van der Waals surface area (Å²) < 4.78 is 0. The predicted octanol–water partition coefficient (Wildman–Crippen LogP) is 1.59. The van der Waals surface area contributed by atoms with Gasteiger partial charge in [-0.3, -0.25) is 14.9 Å². The summed E-state index contributed by atoms with van der Waals surface area (Å²) in [7, 11) is 0. The maximum absolute atomic E-state index is 11.9. The molecule has 1 aromatic carbocycles. The van der Waals surface area contributed by atoms with Crippen LogP contribution in [-0.4, -0.2) is 41.9 Å². The Balaban J connectivity index is 1.77. The Kier molecular flexibility index (Phi) is 5.10. The van der Waals surface area contributed by atoms with Crippen molar-refractivity contribution in [3.05, 3.63) is 34.4 Å². The van der Waals surface area contributed by atoms with E-state index in [1.54, 1.807) is 0 Å². The number of nitro groups is 1. The standard InChI is InChI=1S/C15H22N4O3/c1-15(10-16)7-9-18(11-15)8-6-14(20)17-12-2-4-13(5-3-12)19(21)22/h2-5H,6-11,16H2,1H3,(H,17,20). The quantitative estimate of drug-likeness (QED) is 0.614. The fourth-order valence-corrected chi connectivity index (χ4v) is 2.63. The maximum atomic E-state index is 11.9. The second-order valence-electron chi connectivity index (χ2n) is 6.14. The topological polar surface area (TPSA) is 102 Å². The van der Waals surface area contributed by atoms with Gasteiger partial charge < -0.3 is 16.0 Å². The number of anilines is 1. The van der Waals surface area contributed by atoms with Gasteiger partial charge in [0.25, 0.3) is 5.69 Å². The average Bonchev–Trinajstić information content (AvgIpc) is 2.88. The monoisotopic (exact) mass is 306 g/mol. The van der Waals surface area contributed by atoms with Crippen molar-refractivity contribution in [1.29, 1.82) is 0 Å². The molecule has 0 aromatic heterocycles. The molecule has 1 fully saturated rings. The summed E-state index contributed by atoms with van der Waals surface area (Å²) in [6.07, 6.45) is 1.46. The minimum atomic E-state index is -0.465. The first-order valence-electron chi connectivity index (χ1n) is 7.39. The van der Waals surface area contributed by atoms with Crippen molar-refractivity contribution in [2.75, 3.05) is 31.5 Å². The minimum absolute atomic E-state index is 0.0103. The van der Waals surface area contributed by atoms with Crippen LogP contribution < -0.4 is 11.1 Å². The van der Waals surface area contributed by atoms with Gasteiger partial charge in [0.1, 0.15) is 0 Å². The number of carbonyl (C=O) groups excluding carboxylic acids is 1. The third kappa shape index (κ3) is 4.25. The molecule has 1 aliphatic rings. The molecule has 1 aliphatic heterocycles. The number of nitrogens with two attached hydrogens (primary N) is 1. The number of benzene rings is 1. The van der Waals surface area contributed by atoms with Crippen molar-refractivity contribution in [3.63, 3.8) is 0 Å². The van der Waals surface area contributed by atoms with Crippen LogP contribution in [0.15, 0.2) is 24.3 Å². The van der Waals surface area contributed by atoms with E-state index in [-0.39, 0.29) is 17.0 Å². The molecule has 7 heteroatoms. The Morgan fingerprint density at radius 3 is 2.68 bits per heavy atom. The van der Waals surface area contributed by atoms with Crippen LogP contribution >= 0.6 is 0 Å². The lowest BCUT2D eigenvalue weighted by atomic mass is 9.90. The molecule has 3 N–H and O–H groups in total. The maximum Gasteiger partial charge on any atom is 0.269 e. The molecule has 0 bridgehead atoms. The van der Waals surface area contributed by atoms with E-state index in [0.717, 1.165) is 19.5 Å². The highest BCUT2D eigenvalue weighted by Crippen LogP contribution is 2.28. The number of amides is 1. The summed E-state index contributed by atoms with van der Waals surface area (Å²) in [6.45, 7) is 5.43. The van der Waals surface area contributed by atoms with Crippen molar-refractivity contribution in [2.45, 2.75) is 19.8 Å². The van der Waals surface area contributed by atoms with Crippen LogP contribution in [0.4, 0.5) is 11.4 Å². The van der Waals surface area contributed by atoms with Gasteiger partial charge in [0, 0.05) is 37.3 Å². The second kappa shape index (κ2) is 6.85. The zero-order valence-corrected chi connectivity index (χ0v) is 12.7. The molecule has 0 spiro atoms. The van der Waals surface area contributed by atoms with E-state index >= 15 is 0 Å². The van der Waals surface area contributed by atoms with Crippen molar-refractivity contribution in [3.8, 4) is 0 Å². The highest BCUT2D eigenvalue weighted by molar-refractivity contribution is 5.90. The van der Waals surface area contributed by atoms with Crippen LogP contribution in [0.2, 0.25) is 0 Å². The molecule has 1 heterocycles. The lowest BCUT2D eigenvalue weighted by Gasteiger charge is -2.22. The van der Waals surface area contributed by atoms with E-state index in [0.29, 0.717) is 25.2 Å². The number of hydrogen-bond acceptors (Lipinski definition) is 5. The molecular weight excluding hydrogens is 284 g/mol. The average molecular weight is 306 g/mol. The lowest BCUT2D eigenvalue weighted by Crippen LogP contribution is -2.32. The molecule has 0 radical (unpaired) electrons. The number of nitrogens with zero attached hydrogens (tertiary/aromatic N) is 2. The molecule has 1 amide bonds. The summed E-state index contributed by atoms with van der Waals surface area (Å²) in [5.41, 5.74) is 6.51. The first kappa shape index (κ1) is 16.4. The van der Waals surface area contributed by atoms with Crippen LogP contribution in [0.1, 0.15) is 19.8 Å². The number of hydrogen-bond donors (Lipinski definition) is 2. The van der Waals surface area contributed by atoms with Gasteiger partial charge in [-0.2, -0.15) is 0 Å². The number of rotatable bonds is 6.